The Morgan fingerprint density at radius 1 is 1.03 bits per heavy atom. The average molecular weight is 411 g/mol. The summed E-state index contributed by atoms with van der Waals surface area (Å²) in [5.74, 6) is 0.583. The smallest absolute Gasteiger partial charge is 0.332 e. The van der Waals surface area contributed by atoms with E-state index >= 15 is 0 Å². The maximum atomic E-state index is 12.9. The number of hydrogen-bond acceptors (Lipinski definition) is 4. The molecule has 0 aliphatic heterocycles. The fourth-order valence-electron chi connectivity index (χ4n) is 3.18. The monoisotopic (exact) mass is 410 g/mol. The normalized spacial score (nSPS) is 11.2. The van der Waals surface area contributed by atoms with Crippen molar-refractivity contribution in [1.29, 1.82) is 0 Å². The highest BCUT2D eigenvalue weighted by molar-refractivity contribution is 6.30. The Hall–Kier alpha value is -3.32. The molecule has 0 aliphatic rings. The molecular weight excluding hydrogens is 392 g/mol. The van der Waals surface area contributed by atoms with Crippen molar-refractivity contribution in [3.05, 3.63) is 85.5 Å². The largest absolute Gasteiger partial charge is 0.425 e. The van der Waals surface area contributed by atoms with Crippen LogP contribution >= 0.6 is 11.6 Å². The lowest BCUT2D eigenvalue weighted by Crippen LogP contribution is -2.37. The molecular formula is C21H19ClN4O3. The summed E-state index contributed by atoms with van der Waals surface area (Å²) in [7, 11) is 3.03. The minimum absolute atomic E-state index is 0.224. The molecule has 7 nitrogen and oxygen atoms in total. The van der Waals surface area contributed by atoms with Crippen molar-refractivity contribution in [2.75, 3.05) is 0 Å². The van der Waals surface area contributed by atoms with Gasteiger partial charge in [-0.3, -0.25) is 18.5 Å². The molecule has 2 aromatic heterocycles. The standard InChI is InChI=1S/C21H19ClN4O3/c1-13-7-9-16(10-8-13)29-20-23-18-17(19(27)25(3)21(28)24(18)2)26(20)12-14-5-4-6-15(22)11-14/h4-11H,12H2,1-3H3. The van der Waals surface area contributed by atoms with Gasteiger partial charge < -0.3 is 4.74 Å². The predicted octanol–water partition coefficient (Wildman–Crippen LogP) is 3.24. The fraction of sp³-hybridized carbons (Fsp3) is 0.190. The average Bonchev–Trinajstić information content (AvgIpc) is 3.04. The molecule has 148 valence electrons. The number of rotatable bonds is 4. The van der Waals surface area contributed by atoms with E-state index in [1.54, 1.807) is 17.7 Å². The van der Waals surface area contributed by atoms with Gasteiger partial charge in [0.2, 0.25) is 0 Å². The third kappa shape index (κ3) is 3.45. The van der Waals surface area contributed by atoms with E-state index in [4.69, 9.17) is 16.3 Å². The summed E-state index contributed by atoms with van der Waals surface area (Å²) < 4.78 is 10.1. The van der Waals surface area contributed by atoms with E-state index in [9.17, 15) is 9.59 Å². The van der Waals surface area contributed by atoms with Gasteiger partial charge in [0, 0.05) is 19.1 Å². The first kappa shape index (κ1) is 19.0. The van der Waals surface area contributed by atoms with Crippen LogP contribution in [0.4, 0.5) is 0 Å². The molecule has 0 unspecified atom stereocenters. The summed E-state index contributed by atoms with van der Waals surface area (Å²) in [6.45, 7) is 2.29. The zero-order valence-corrected chi connectivity index (χ0v) is 17.0. The highest BCUT2D eigenvalue weighted by Crippen LogP contribution is 2.26. The second kappa shape index (κ2) is 7.25. The van der Waals surface area contributed by atoms with Gasteiger partial charge in [-0.1, -0.05) is 41.4 Å². The van der Waals surface area contributed by atoms with Crippen LogP contribution in [-0.2, 0) is 20.6 Å². The molecule has 0 amide bonds. The van der Waals surface area contributed by atoms with E-state index in [0.717, 1.165) is 15.7 Å². The van der Waals surface area contributed by atoms with E-state index in [1.165, 1.54) is 11.6 Å². The highest BCUT2D eigenvalue weighted by Gasteiger charge is 2.21. The van der Waals surface area contributed by atoms with Crippen LogP contribution in [0.3, 0.4) is 0 Å². The zero-order chi connectivity index (χ0) is 20.7. The summed E-state index contributed by atoms with van der Waals surface area (Å²) in [6.07, 6.45) is 0. The number of aromatic nitrogens is 4. The van der Waals surface area contributed by atoms with E-state index in [-0.39, 0.29) is 17.2 Å². The fourth-order valence-corrected chi connectivity index (χ4v) is 3.39. The molecule has 0 N–H and O–H groups in total. The van der Waals surface area contributed by atoms with Crippen LogP contribution < -0.4 is 16.0 Å². The highest BCUT2D eigenvalue weighted by atomic mass is 35.5. The number of halogens is 1. The first-order chi connectivity index (χ1) is 13.8. The zero-order valence-electron chi connectivity index (χ0n) is 16.2. The number of aryl methyl sites for hydroxylation is 2. The van der Waals surface area contributed by atoms with Gasteiger partial charge in [-0.2, -0.15) is 4.98 Å². The number of fused-ring (bicyclic) bond motifs is 1. The van der Waals surface area contributed by atoms with Crippen molar-refractivity contribution in [3.63, 3.8) is 0 Å². The van der Waals surface area contributed by atoms with Gasteiger partial charge in [0.15, 0.2) is 11.2 Å². The Balaban J connectivity index is 1.94. The van der Waals surface area contributed by atoms with Crippen LogP contribution in [0.1, 0.15) is 11.1 Å². The maximum Gasteiger partial charge on any atom is 0.332 e. The minimum Gasteiger partial charge on any atom is -0.425 e. The van der Waals surface area contributed by atoms with E-state index in [0.29, 0.717) is 17.3 Å². The maximum absolute atomic E-state index is 12.9. The van der Waals surface area contributed by atoms with Crippen molar-refractivity contribution in [1.82, 2.24) is 18.7 Å². The number of nitrogens with zero attached hydrogens (tertiary/aromatic N) is 4. The van der Waals surface area contributed by atoms with E-state index in [1.807, 2.05) is 49.4 Å². The first-order valence-corrected chi connectivity index (χ1v) is 9.38. The van der Waals surface area contributed by atoms with Gasteiger partial charge >= 0.3 is 11.7 Å². The third-order valence-corrected chi connectivity index (χ3v) is 5.01. The van der Waals surface area contributed by atoms with Gasteiger partial charge in [-0.05, 0) is 36.8 Å². The van der Waals surface area contributed by atoms with Gasteiger partial charge in [0.25, 0.3) is 5.56 Å². The SMILES string of the molecule is Cc1ccc(Oc2nc3c(c(=O)n(C)c(=O)n3C)n2Cc2cccc(Cl)c2)cc1. The Bertz CT molecular complexity index is 1330. The molecule has 8 heteroatoms. The van der Waals surface area contributed by atoms with Crippen LogP contribution in [0.25, 0.3) is 11.2 Å². The summed E-state index contributed by atoms with van der Waals surface area (Å²) in [6, 6.07) is 15.1. The Morgan fingerprint density at radius 3 is 2.45 bits per heavy atom. The van der Waals surface area contributed by atoms with E-state index < -0.39 is 11.2 Å². The summed E-state index contributed by atoms with van der Waals surface area (Å²) in [5, 5.41) is 0.591. The van der Waals surface area contributed by atoms with Crippen LogP contribution in [0.2, 0.25) is 5.02 Å². The molecule has 0 saturated carbocycles. The van der Waals surface area contributed by atoms with Gasteiger partial charge in [0.05, 0.1) is 6.54 Å². The molecule has 0 atom stereocenters. The second-order valence-electron chi connectivity index (χ2n) is 6.90. The molecule has 0 aliphatic carbocycles. The number of hydrogen-bond donors (Lipinski definition) is 0. The molecule has 0 fully saturated rings. The summed E-state index contributed by atoms with van der Waals surface area (Å²) in [5.41, 5.74) is 1.65. The summed E-state index contributed by atoms with van der Waals surface area (Å²) >= 11 is 6.12. The van der Waals surface area contributed by atoms with Gasteiger partial charge in [-0.15, -0.1) is 0 Å². The number of imidazole rings is 1. The molecule has 4 rings (SSSR count). The summed E-state index contributed by atoms with van der Waals surface area (Å²) in [4.78, 5) is 29.7. The van der Waals surface area contributed by atoms with Crippen molar-refractivity contribution >= 4 is 22.8 Å². The molecule has 29 heavy (non-hydrogen) atoms. The lowest BCUT2D eigenvalue weighted by Gasteiger charge is -2.10. The Morgan fingerprint density at radius 2 is 1.76 bits per heavy atom. The van der Waals surface area contributed by atoms with E-state index in [2.05, 4.69) is 4.98 Å². The van der Waals surface area contributed by atoms with Gasteiger partial charge in [0.1, 0.15) is 5.75 Å². The van der Waals surface area contributed by atoms with Crippen molar-refractivity contribution in [3.8, 4) is 11.8 Å². The molecule has 0 radical (unpaired) electrons. The molecule has 0 saturated heterocycles. The number of ether oxygens (including phenoxy) is 1. The molecule has 0 spiro atoms. The molecule has 0 bridgehead atoms. The third-order valence-electron chi connectivity index (χ3n) is 4.77. The lowest BCUT2D eigenvalue weighted by molar-refractivity contribution is 0.421. The lowest BCUT2D eigenvalue weighted by atomic mass is 10.2. The van der Waals surface area contributed by atoms with Gasteiger partial charge in [-0.25, -0.2) is 4.79 Å². The Kier molecular flexibility index (Phi) is 4.76. The quantitative estimate of drug-likeness (QED) is 0.518. The van der Waals surface area contributed by atoms with Crippen molar-refractivity contribution in [2.45, 2.75) is 13.5 Å². The van der Waals surface area contributed by atoms with Crippen LogP contribution in [0.15, 0.2) is 58.1 Å². The van der Waals surface area contributed by atoms with Crippen LogP contribution in [0, 0.1) is 6.92 Å². The topological polar surface area (TPSA) is 71.1 Å². The molecule has 2 heterocycles. The van der Waals surface area contributed by atoms with Crippen molar-refractivity contribution in [2.24, 2.45) is 14.1 Å². The minimum atomic E-state index is -0.447. The number of benzene rings is 2. The van der Waals surface area contributed by atoms with Crippen LogP contribution in [0.5, 0.6) is 11.8 Å². The molecule has 2 aromatic carbocycles. The molecule has 4 aromatic rings. The van der Waals surface area contributed by atoms with Crippen molar-refractivity contribution < 1.29 is 4.74 Å². The van der Waals surface area contributed by atoms with Crippen LogP contribution in [-0.4, -0.2) is 18.7 Å². The second-order valence-corrected chi connectivity index (χ2v) is 7.34. The Labute approximate surface area is 171 Å². The predicted molar refractivity (Wildman–Crippen MR) is 112 cm³/mol. The first-order valence-electron chi connectivity index (χ1n) is 9.00.